The lowest BCUT2D eigenvalue weighted by Crippen LogP contribution is -2.14. The maximum absolute atomic E-state index is 13.7. The van der Waals surface area contributed by atoms with Crippen LogP contribution < -0.4 is 5.32 Å². The molecule has 2 aromatic rings. The van der Waals surface area contributed by atoms with Gasteiger partial charge in [-0.05, 0) is 48.9 Å². The lowest BCUT2D eigenvalue weighted by atomic mass is 10.0. The summed E-state index contributed by atoms with van der Waals surface area (Å²) in [6.45, 7) is 3.32. The van der Waals surface area contributed by atoms with Crippen LogP contribution in [0.25, 0.3) is 11.1 Å². The normalized spacial score (nSPS) is 10.8. The van der Waals surface area contributed by atoms with Crippen molar-refractivity contribution in [2.24, 2.45) is 0 Å². The molecule has 20 heavy (non-hydrogen) atoms. The lowest BCUT2D eigenvalue weighted by molar-refractivity contribution is 0.587. The highest BCUT2D eigenvalue weighted by Crippen LogP contribution is 2.29. The van der Waals surface area contributed by atoms with Crippen molar-refractivity contribution in [3.05, 3.63) is 58.6 Å². The third-order valence-corrected chi connectivity index (χ3v) is 3.36. The summed E-state index contributed by atoms with van der Waals surface area (Å²) in [5.74, 6) is -0.635. The molecule has 0 saturated carbocycles. The van der Waals surface area contributed by atoms with Gasteiger partial charge in [0.1, 0.15) is 11.6 Å². The van der Waals surface area contributed by atoms with Gasteiger partial charge in [0.15, 0.2) is 0 Å². The van der Waals surface area contributed by atoms with E-state index in [4.69, 9.17) is 11.6 Å². The van der Waals surface area contributed by atoms with Gasteiger partial charge < -0.3 is 5.32 Å². The molecule has 0 unspecified atom stereocenters. The average Bonchev–Trinajstić information content (AvgIpc) is 2.44. The Morgan fingerprint density at radius 3 is 2.65 bits per heavy atom. The van der Waals surface area contributed by atoms with Gasteiger partial charge in [-0.1, -0.05) is 24.6 Å². The molecule has 1 N–H and O–H groups in total. The molecule has 1 nitrogen and oxygen atoms in total. The molecule has 0 aliphatic rings. The molecule has 0 atom stereocenters. The molecule has 2 rings (SSSR count). The average molecular weight is 296 g/mol. The molecule has 0 fully saturated rings. The molecular weight excluding hydrogens is 280 g/mol. The topological polar surface area (TPSA) is 12.0 Å². The summed E-state index contributed by atoms with van der Waals surface area (Å²) in [5, 5.41) is 3.60. The molecule has 0 aromatic heterocycles. The second-order valence-corrected chi connectivity index (χ2v) is 5.01. The number of halogens is 3. The highest BCUT2D eigenvalue weighted by Gasteiger charge is 2.09. The highest BCUT2D eigenvalue weighted by atomic mass is 35.5. The van der Waals surface area contributed by atoms with Crippen molar-refractivity contribution in [2.45, 2.75) is 19.9 Å². The van der Waals surface area contributed by atoms with E-state index in [2.05, 4.69) is 5.32 Å². The molecule has 0 saturated heterocycles. The minimum Gasteiger partial charge on any atom is -0.313 e. The molecular formula is C16H16ClF2N. The number of hydrogen-bond donors (Lipinski definition) is 1. The zero-order valence-corrected chi connectivity index (χ0v) is 12.0. The van der Waals surface area contributed by atoms with Crippen molar-refractivity contribution in [1.29, 1.82) is 0 Å². The van der Waals surface area contributed by atoms with Gasteiger partial charge in [-0.3, -0.25) is 0 Å². The predicted molar refractivity (Wildman–Crippen MR) is 78.8 cm³/mol. The van der Waals surface area contributed by atoms with Gasteiger partial charge in [-0.2, -0.15) is 0 Å². The Hall–Kier alpha value is -1.45. The van der Waals surface area contributed by atoms with E-state index in [9.17, 15) is 8.78 Å². The monoisotopic (exact) mass is 295 g/mol. The fourth-order valence-electron chi connectivity index (χ4n) is 2.00. The van der Waals surface area contributed by atoms with Gasteiger partial charge in [0.2, 0.25) is 0 Å². The predicted octanol–water partition coefficient (Wildman–Crippen LogP) is 4.78. The first kappa shape index (κ1) is 14.9. The van der Waals surface area contributed by atoms with Gasteiger partial charge in [0.05, 0.1) is 0 Å². The summed E-state index contributed by atoms with van der Waals surface area (Å²) in [6.07, 6.45) is 0.983. The Kier molecular flexibility index (Phi) is 5.10. The quantitative estimate of drug-likeness (QED) is 0.782. The number of hydrogen-bond acceptors (Lipinski definition) is 1. The fraction of sp³-hybridized carbons (Fsp3) is 0.250. The highest BCUT2D eigenvalue weighted by molar-refractivity contribution is 6.33. The largest absolute Gasteiger partial charge is 0.313 e. The molecule has 0 bridgehead atoms. The van der Waals surface area contributed by atoms with Crippen molar-refractivity contribution in [3.63, 3.8) is 0 Å². The van der Waals surface area contributed by atoms with Gasteiger partial charge in [0.25, 0.3) is 0 Å². The number of rotatable bonds is 5. The Labute approximate surface area is 122 Å². The van der Waals surface area contributed by atoms with Crippen LogP contribution in [-0.2, 0) is 6.54 Å². The number of nitrogens with one attached hydrogen (secondary N) is 1. The van der Waals surface area contributed by atoms with Crippen LogP contribution in [-0.4, -0.2) is 6.54 Å². The first-order chi connectivity index (χ1) is 9.61. The second kappa shape index (κ2) is 6.82. The smallest absolute Gasteiger partial charge is 0.127 e. The standard InChI is InChI=1S/C16H16ClF2N/c1-2-7-20-10-12-8-11(3-6-16(12)19)14-9-13(18)4-5-15(14)17/h3-6,8-9,20H,2,7,10H2,1H3. The van der Waals surface area contributed by atoms with Crippen molar-refractivity contribution < 1.29 is 8.78 Å². The van der Waals surface area contributed by atoms with Crippen LogP contribution in [0, 0.1) is 11.6 Å². The minimum absolute atomic E-state index is 0.273. The van der Waals surface area contributed by atoms with E-state index in [-0.39, 0.29) is 11.6 Å². The molecule has 0 heterocycles. The van der Waals surface area contributed by atoms with Gasteiger partial charge >= 0.3 is 0 Å². The first-order valence-corrected chi connectivity index (χ1v) is 6.94. The second-order valence-electron chi connectivity index (χ2n) is 4.61. The number of benzene rings is 2. The lowest BCUT2D eigenvalue weighted by Gasteiger charge is -2.09. The van der Waals surface area contributed by atoms with Crippen LogP contribution in [0.2, 0.25) is 5.02 Å². The van der Waals surface area contributed by atoms with Crippen molar-refractivity contribution in [2.75, 3.05) is 6.54 Å². The Morgan fingerprint density at radius 2 is 1.90 bits per heavy atom. The summed E-state index contributed by atoms with van der Waals surface area (Å²) in [6, 6.07) is 8.87. The van der Waals surface area contributed by atoms with Gasteiger partial charge in [-0.25, -0.2) is 8.78 Å². The van der Waals surface area contributed by atoms with Gasteiger partial charge in [0, 0.05) is 22.7 Å². The van der Waals surface area contributed by atoms with Crippen LogP contribution in [0.3, 0.4) is 0 Å². The van der Waals surface area contributed by atoms with E-state index in [0.717, 1.165) is 13.0 Å². The maximum atomic E-state index is 13.7. The Bertz CT molecular complexity index is 599. The molecule has 0 aliphatic carbocycles. The summed E-state index contributed by atoms with van der Waals surface area (Å²) in [7, 11) is 0. The fourth-order valence-corrected chi connectivity index (χ4v) is 2.22. The van der Waals surface area contributed by atoms with E-state index < -0.39 is 0 Å². The minimum atomic E-state index is -0.362. The zero-order valence-electron chi connectivity index (χ0n) is 11.2. The summed E-state index contributed by atoms with van der Waals surface area (Å²) in [5.41, 5.74) is 1.84. The van der Waals surface area contributed by atoms with Crippen LogP contribution in [0.5, 0.6) is 0 Å². The van der Waals surface area contributed by atoms with E-state index in [1.54, 1.807) is 12.1 Å². The van der Waals surface area contributed by atoms with Crippen molar-refractivity contribution >= 4 is 11.6 Å². The van der Waals surface area contributed by atoms with Crippen molar-refractivity contribution in [3.8, 4) is 11.1 Å². The van der Waals surface area contributed by atoms with Crippen LogP contribution in [0.1, 0.15) is 18.9 Å². The van der Waals surface area contributed by atoms with E-state index in [0.29, 0.717) is 28.3 Å². The van der Waals surface area contributed by atoms with Crippen LogP contribution >= 0.6 is 11.6 Å². The third kappa shape index (κ3) is 3.56. The molecule has 0 spiro atoms. The summed E-state index contributed by atoms with van der Waals surface area (Å²) in [4.78, 5) is 0. The summed E-state index contributed by atoms with van der Waals surface area (Å²) >= 11 is 6.07. The van der Waals surface area contributed by atoms with Crippen molar-refractivity contribution in [1.82, 2.24) is 5.32 Å². The molecule has 4 heteroatoms. The SMILES string of the molecule is CCCNCc1cc(-c2cc(F)ccc2Cl)ccc1F. The molecule has 2 aromatic carbocycles. The molecule has 106 valence electrons. The zero-order chi connectivity index (χ0) is 14.5. The van der Waals surface area contributed by atoms with E-state index in [1.807, 2.05) is 6.92 Å². The summed E-state index contributed by atoms with van der Waals surface area (Å²) < 4.78 is 27.1. The van der Waals surface area contributed by atoms with E-state index in [1.165, 1.54) is 24.3 Å². The first-order valence-electron chi connectivity index (χ1n) is 6.56. The van der Waals surface area contributed by atoms with Crippen LogP contribution in [0.4, 0.5) is 8.78 Å². The molecule has 0 radical (unpaired) electrons. The van der Waals surface area contributed by atoms with Crippen LogP contribution in [0.15, 0.2) is 36.4 Å². The molecule has 0 amide bonds. The van der Waals surface area contributed by atoms with Gasteiger partial charge in [-0.15, -0.1) is 0 Å². The molecule has 0 aliphatic heterocycles. The Morgan fingerprint density at radius 1 is 1.10 bits per heavy atom. The Balaban J connectivity index is 2.33. The maximum Gasteiger partial charge on any atom is 0.127 e. The van der Waals surface area contributed by atoms with E-state index >= 15 is 0 Å². The third-order valence-electron chi connectivity index (χ3n) is 3.03.